The molecule has 0 atom stereocenters. The number of halogens is 2. The Balaban J connectivity index is 1.48. The largest absolute Gasteiger partial charge is 0.367 e. The molecule has 5 nitrogen and oxygen atoms in total. The second kappa shape index (κ2) is 8.60. The van der Waals surface area contributed by atoms with Crippen LogP contribution < -0.4 is 4.90 Å². The molecule has 27 heavy (non-hydrogen) atoms. The second-order valence-electron chi connectivity index (χ2n) is 6.26. The molecule has 1 aliphatic rings. The number of amides is 1. The zero-order chi connectivity index (χ0) is 19.2. The molecule has 2 aromatic carbocycles. The average Bonchev–Trinajstić information content (AvgIpc) is 2.69. The molecule has 1 aliphatic heterocycles. The number of hydrogen-bond acceptors (Lipinski definition) is 4. The molecule has 1 fully saturated rings. The molecule has 0 saturated carbocycles. The molecule has 0 unspecified atom stereocenters. The minimum atomic E-state index is -0.442. The van der Waals surface area contributed by atoms with Crippen molar-refractivity contribution in [1.82, 2.24) is 4.90 Å². The van der Waals surface area contributed by atoms with E-state index in [1.165, 1.54) is 24.3 Å². The van der Waals surface area contributed by atoms with E-state index in [0.717, 1.165) is 5.56 Å². The summed E-state index contributed by atoms with van der Waals surface area (Å²) in [5, 5.41) is 9.17. The number of benzene rings is 2. The molecular formula is C20H19F2N3O2. The highest BCUT2D eigenvalue weighted by molar-refractivity contribution is 5.77. The molecule has 0 radical (unpaired) electrons. The summed E-state index contributed by atoms with van der Waals surface area (Å²) in [6.45, 7) is 2.32. The van der Waals surface area contributed by atoms with Crippen LogP contribution in [0.2, 0.25) is 0 Å². The molecule has 0 spiro atoms. The maximum Gasteiger partial charge on any atom is 0.248 e. The smallest absolute Gasteiger partial charge is 0.248 e. The van der Waals surface area contributed by atoms with Crippen molar-refractivity contribution in [3.8, 4) is 6.07 Å². The van der Waals surface area contributed by atoms with Crippen LogP contribution in [0.25, 0.3) is 0 Å². The number of carbonyl (C=O) groups is 1. The molecule has 2 aromatic rings. The predicted octanol–water partition coefficient (Wildman–Crippen LogP) is 2.70. The van der Waals surface area contributed by atoms with Gasteiger partial charge in [-0.15, -0.1) is 0 Å². The number of hydrogen-bond donors (Lipinski definition) is 0. The highest BCUT2D eigenvalue weighted by atomic mass is 19.1. The van der Waals surface area contributed by atoms with Crippen LogP contribution in [0.3, 0.4) is 0 Å². The van der Waals surface area contributed by atoms with Crippen molar-refractivity contribution < 1.29 is 18.3 Å². The van der Waals surface area contributed by atoms with Gasteiger partial charge < -0.3 is 14.5 Å². The van der Waals surface area contributed by atoms with Crippen LogP contribution in [0, 0.1) is 23.0 Å². The van der Waals surface area contributed by atoms with Gasteiger partial charge in [0.2, 0.25) is 5.91 Å². The summed E-state index contributed by atoms with van der Waals surface area (Å²) in [6.07, 6.45) is 0. The summed E-state index contributed by atoms with van der Waals surface area (Å²) in [6, 6.07) is 12.1. The van der Waals surface area contributed by atoms with Crippen molar-refractivity contribution in [2.24, 2.45) is 0 Å². The van der Waals surface area contributed by atoms with Crippen LogP contribution in [0.1, 0.15) is 11.1 Å². The summed E-state index contributed by atoms with van der Waals surface area (Å²) in [5.41, 5.74) is 1.77. The number of ether oxygens (including phenoxy) is 1. The Bertz CT molecular complexity index is 841. The van der Waals surface area contributed by atoms with Crippen molar-refractivity contribution >= 4 is 11.6 Å². The Labute approximate surface area is 156 Å². The number of carbonyl (C=O) groups excluding carboxylic acids is 1. The molecule has 3 rings (SSSR count). The van der Waals surface area contributed by atoms with Crippen LogP contribution >= 0.6 is 0 Å². The zero-order valence-corrected chi connectivity index (χ0v) is 14.7. The van der Waals surface area contributed by atoms with Gasteiger partial charge in [0, 0.05) is 26.2 Å². The molecular weight excluding hydrogens is 352 g/mol. The lowest BCUT2D eigenvalue weighted by Gasteiger charge is -2.36. The van der Waals surface area contributed by atoms with E-state index in [1.54, 1.807) is 23.1 Å². The summed E-state index contributed by atoms with van der Waals surface area (Å²) in [5.74, 6) is -0.868. The average molecular weight is 371 g/mol. The highest BCUT2D eigenvalue weighted by Crippen LogP contribution is 2.22. The third-order valence-corrected chi connectivity index (χ3v) is 4.46. The topological polar surface area (TPSA) is 56.6 Å². The van der Waals surface area contributed by atoms with Crippen molar-refractivity contribution in [2.45, 2.75) is 6.61 Å². The monoisotopic (exact) mass is 371 g/mol. The lowest BCUT2D eigenvalue weighted by Crippen LogP contribution is -2.50. The number of piperazine rings is 1. The normalized spacial score (nSPS) is 14.1. The van der Waals surface area contributed by atoms with E-state index in [9.17, 15) is 18.8 Å². The Morgan fingerprint density at radius 1 is 1.04 bits per heavy atom. The Hall–Kier alpha value is -2.98. The maximum absolute atomic E-state index is 13.3. The van der Waals surface area contributed by atoms with Gasteiger partial charge in [0.1, 0.15) is 24.3 Å². The fraction of sp³-hybridized carbons (Fsp3) is 0.300. The van der Waals surface area contributed by atoms with Crippen LogP contribution in [0.5, 0.6) is 0 Å². The van der Waals surface area contributed by atoms with Gasteiger partial charge in [-0.1, -0.05) is 12.1 Å². The lowest BCUT2D eigenvalue weighted by atomic mass is 10.1. The third kappa shape index (κ3) is 4.80. The molecule has 7 heteroatoms. The summed E-state index contributed by atoms with van der Waals surface area (Å²) < 4.78 is 31.6. The Morgan fingerprint density at radius 2 is 1.70 bits per heavy atom. The first-order valence-electron chi connectivity index (χ1n) is 8.61. The van der Waals surface area contributed by atoms with Gasteiger partial charge in [-0.2, -0.15) is 5.26 Å². The molecule has 1 amide bonds. The maximum atomic E-state index is 13.3. The predicted molar refractivity (Wildman–Crippen MR) is 96.0 cm³/mol. The summed E-state index contributed by atoms with van der Waals surface area (Å²) in [7, 11) is 0. The van der Waals surface area contributed by atoms with E-state index in [1.807, 2.05) is 11.0 Å². The summed E-state index contributed by atoms with van der Waals surface area (Å²) >= 11 is 0. The van der Waals surface area contributed by atoms with Crippen LogP contribution in [0.15, 0.2) is 42.5 Å². The van der Waals surface area contributed by atoms with Gasteiger partial charge in [0.25, 0.3) is 0 Å². The van der Waals surface area contributed by atoms with E-state index in [-0.39, 0.29) is 30.5 Å². The highest BCUT2D eigenvalue weighted by Gasteiger charge is 2.22. The van der Waals surface area contributed by atoms with Gasteiger partial charge in [-0.3, -0.25) is 4.79 Å². The van der Waals surface area contributed by atoms with Gasteiger partial charge >= 0.3 is 0 Å². The molecule has 0 aliphatic carbocycles. The van der Waals surface area contributed by atoms with Gasteiger partial charge in [-0.25, -0.2) is 8.78 Å². The minimum absolute atomic E-state index is 0.0443. The van der Waals surface area contributed by atoms with Crippen LogP contribution in [-0.2, 0) is 16.1 Å². The molecule has 0 bridgehead atoms. The first-order valence-corrected chi connectivity index (χ1v) is 8.61. The quantitative estimate of drug-likeness (QED) is 0.811. The molecule has 0 N–H and O–H groups in total. The Kier molecular flexibility index (Phi) is 5.99. The van der Waals surface area contributed by atoms with Gasteiger partial charge in [-0.05, 0) is 35.9 Å². The first-order chi connectivity index (χ1) is 13.1. The Morgan fingerprint density at radius 3 is 2.37 bits per heavy atom. The van der Waals surface area contributed by atoms with Crippen LogP contribution in [0.4, 0.5) is 14.5 Å². The number of nitrogens with zero attached hydrogens (tertiary/aromatic N) is 3. The third-order valence-electron chi connectivity index (χ3n) is 4.46. The molecule has 0 aromatic heterocycles. The van der Waals surface area contributed by atoms with E-state index >= 15 is 0 Å². The van der Waals surface area contributed by atoms with Gasteiger partial charge in [0.15, 0.2) is 0 Å². The minimum Gasteiger partial charge on any atom is -0.367 e. The number of anilines is 1. The second-order valence-corrected chi connectivity index (χ2v) is 6.26. The van der Waals surface area contributed by atoms with E-state index in [2.05, 4.69) is 0 Å². The number of nitriles is 1. The van der Waals surface area contributed by atoms with Crippen molar-refractivity contribution in [3.05, 3.63) is 65.2 Å². The van der Waals surface area contributed by atoms with Crippen molar-refractivity contribution in [3.63, 3.8) is 0 Å². The van der Waals surface area contributed by atoms with E-state index in [4.69, 9.17) is 4.74 Å². The fourth-order valence-corrected chi connectivity index (χ4v) is 3.00. The standard InChI is InChI=1S/C20H19F2N3O2/c21-17-3-1-15(2-4-17)13-27-14-20(26)25-9-7-24(8-10-25)19-6-5-18(22)11-16(19)12-23/h1-6,11H,7-10,13-14H2. The summed E-state index contributed by atoms with van der Waals surface area (Å²) in [4.78, 5) is 16.0. The molecule has 1 heterocycles. The van der Waals surface area contributed by atoms with E-state index < -0.39 is 5.82 Å². The fourth-order valence-electron chi connectivity index (χ4n) is 3.00. The van der Waals surface area contributed by atoms with Crippen LogP contribution in [-0.4, -0.2) is 43.6 Å². The first kappa shape index (κ1) is 18.8. The van der Waals surface area contributed by atoms with Gasteiger partial charge in [0.05, 0.1) is 17.9 Å². The van der Waals surface area contributed by atoms with Crippen molar-refractivity contribution in [1.29, 1.82) is 5.26 Å². The molecule has 1 saturated heterocycles. The lowest BCUT2D eigenvalue weighted by molar-refractivity contribution is -0.136. The number of rotatable bonds is 5. The zero-order valence-electron chi connectivity index (χ0n) is 14.7. The van der Waals surface area contributed by atoms with E-state index in [0.29, 0.717) is 31.9 Å². The molecule has 140 valence electrons. The SMILES string of the molecule is N#Cc1cc(F)ccc1N1CCN(C(=O)COCc2ccc(F)cc2)CC1. The van der Waals surface area contributed by atoms with Crippen molar-refractivity contribution in [2.75, 3.05) is 37.7 Å².